The minimum Gasteiger partial charge on any atom is -0.312 e. The summed E-state index contributed by atoms with van der Waals surface area (Å²) in [5, 5.41) is 13.2. The minimum atomic E-state index is -0.141. The van der Waals surface area contributed by atoms with E-state index in [0.29, 0.717) is 22.0 Å². The predicted molar refractivity (Wildman–Crippen MR) is 98.8 cm³/mol. The summed E-state index contributed by atoms with van der Waals surface area (Å²) in [5.41, 5.74) is 3.67. The first kappa shape index (κ1) is 16.7. The Bertz CT molecular complexity index is 781. The van der Waals surface area contributed by atoms with Gasteiger partial charge in [0.2, 0.25) is 0 Å². The van der Waals surface area contributed by atoms with Gasteiger partial charge < -0.3 is 5.32 Å². The number of benzene rings is 1. The van der Waals surface area contributed by atoms with Gasteiger partial charge in [0.15, 0.2) is 0 Å². The summed E-state index contributed by atoms with van der Waals surface area (Å²) in [6, 6.07) is 10.0. The number of hydrogen-bond acceptors (Lipinski definition) is 3. The van der Waals surface area contributed by atoms with E-state index in [1.54, 1.807) is 11.3 Å². The van der Waals surface area contributed by atoms with Gasteiger partial charge in [-0.15, -0.1) is 11.3 Å². The fraction of sp³-hybridized carbons (Fsp3) is 0.400. The Morgan fingerprint density at radius 1 is 1.17 bits per heavy atom. The number of thiophene rings is 1. The molecule has 124 valence electrons. The smallest absolute Gasteiger partial charge is 0.256 e. The highest BCUT2D eigenvalue weighted by Gasteiger charge is 2.21. The summed E-state index contributed by atoms with van der Waals surface area (Å²) in [5.74, 6) is 0.304. The molecule has 24 heavy (non-hydrogen) atoms. The van der Waals surface area contributed by atoms with Crippen LogP contribution < -0.4 is 5.32 Å². The van der Waals surface area contributed by atoms with Crippen LogP contribution in [-0.4, -0.2) is 5.91 Å². The number of rotatable bonds is 3. The number of amides is 1. The molecule has 3 rings (SSSR count). The number of fused-ring (bicyclic) bond motifs is 1. The molecule has 1 aromatic carbocycles. The molecule has 2 aromatic rings. The summed E-state index contributed by atoms with van der Waals surface area (Å²) < 4.78 is 0. The Kier molecular flexibility index (Phi) is 5.01. The van der Waals surface area contributed by atoms with E-state index in [2.05, 4.69) is 25.2 Å². The fourth-order valence-corrected chi connectivity index (χ4v) is 4.38. The Hall–Kier alpha value is -2.12. The third-order valence-electron chi connectivity index (χ3n) is 4.60. The summed E-state index contributed by atoms with van der Waals surface area (Å²) in [6.07, 6.45) is 5.49. The lowest BCUT2D eigenvalue weighted by Gasteiger charge is -2.07. The lowest BCUT2D eigenvalue weighted by Crippen LogP contribution is -2.12. The van der Waals surface area contributed by atoms with Gasteiger partial charge in [-0.25, -0.2) is 0 Å². The molecule has 1 amide bonds. The highest BCUT2D eigenvalue weighted by molar-refractivity contribution is 7.16. The number of carbonyl (C=O) groups is 1. The van der Waals surface area contributed by atoms with Crippen molar-refractivity contribution in [2.75, 3.05) is 5.32 Å². The molecule has 0 atom stereocenters. The molecular weight excluding hydrogens is 316 g/mol. The van der Waals surface area contributed by atoms with Crippen LogP contribution in [0.3, 0.4) is 0 Å². The van der Waals surface area contributed by atoms with E-state index in [9.17, 15) is 10.1 Å². The van der Waals surface area contributed by atoms with E-state index in [1.807, 2.05) is 24.3 Å². The third kappa shape index (κ3) is 3.37. The lowest BCUT2D eigenvalue weighted by molar-refractivity contribution is 0.102. The zero-order valence-electron chi connectivity index (χ0n) is 14.2. The van der Waals surface area contributed by atoms with E-state index in [4.69, 9.17) is 0 Å². The van der Waals surface area contributed by atoms with Crippen molar-refractivity contribution in [3.63, 3.8) is 0 Å². The second kappa shape index (κ2) is 7.19. The van der Waals surface area contributed by atoms with Crippen LogP contribution in [-0.2, 0) is 12.8 Å². The molecule has 0 bridgehead atoms. The van der Waals surface area contributed by atoms with E-state index in [-0.39, 0.29) is 5.91 Å². The van der Waals surface area contributed by atoms with Gasteiger partial charge in [0.05, 0.1) is 5.56 Å². The van der Waals surface area contributed by atoms with Crippen molar-refractivity contribution in [2.45, 2.75) is 51.9 Å². The number of nitriles is 1. The first-order valence-corrected chi connectivity index (χ1v) is 9.37. The van der Waals surface area contributed by atoms with Crippen molar-refractivity contribution in [1.29, 1.82) is 5.26 Å². The Balaban J connectivity index is 1.83. The molecule has 0 saturated carbocycles. The largest absolute Gasteiger partial charge is 0.312 e. The van der Waals surface area contributed by atoms with E-state index < -0.39 is 0 Å². The molecule has 0 aliphatic heterocycles. The second-order valence-electron chi connectivity index (χ2n) is 6.61. The minimum absolute atomic E-state index is 0.141. The van der Waals surface area contributed by atoms with Crippen LogP contribution in [0.5, 0.6) is 0 Å². The fourth-order valence-electron chi connectivity index (χ4n) is 3.14. The van der Waals surface area contributed by atoms with Crippen molar-refractivity contribution in [3.8, 4) is 6.07 Å². The number of nitrogens with one attached hydrogen (secondary N) is 1. The maximum Gasteiger partial charge on any atom is 0.256 e. The van der Waals surface area contributed by atoms with Gasteiger partial charge >= 0.3 is 0 Å². The molecule has 0 unspecified atom stereocenters. The average Bonchev–Trinajstić information content (AvgIpc) is 2.75. The second-order valence-corrected chi connectivity index (χ2v) is 7.72. The monoisotopic (exact) mass is 338 g/mol. The van der Waals surface area contributed by atoms with E-state index >= 15 is 0 Å². The molecule has 1 aliphatic rings. The number of nitrogens with zero attached hydrogens (tertiary/aromatic N) is 1. The average molecular weight is 338 g/mol. The van der Waals surface area contributed by atoms with Crippen LogP contribution in [0.25, 0.3) is 0 Å². The normalized spacial score (nSPS) is 13.9. The molecule has 3 nitrogen and oxygen atoms in total. The van der Waals surface area contributed by atoms with Crippen molar-refractivity contribution in [2.24, 2.45) is 0 Å². The molecule has 0 saturated heterocycles. The molecule has 0 spiro atoms. The zero-order chi connectivity index (χ0) is 17.1. The third-order valence-corrected chi connectivity index (χ3v) is 5.81. The van der Waals surface area contributed by atoms with Crippen molar-refractivity contribution >= 4 is 22.2 Å². The highest BCUT2D eigenvalue weighted by atomic mass is 32.1. The molecule has 1 aliphatic carbocycles. The van der Waals surface area contributed by atoms with Crippen LogP contribution in [0, 0.1) is 11.3 Å². The van der Waals surface area contributed by atoms with Gasteiger partial charge in [-0.05, 0) is 54.9 Å². The molecule has 1 N–H and O–H groups in total. The van der Waals surface area contributed by atoms with Crippen LogP contribution in [0.15, 0.2) is 24.3 Å². The number of aryl methyl sites for hydroxylation is 1. The van der Waals surface area contributed by atoms with Gasteiger partial charge in [-0.3, -0.25) is 4.79 Å². The van der Waals surface area contributed by atoms with Gasteiger partial charge in [-0.2, -0.15) is 5.26 Å². The Morgan fingerprint density at radius 2 is 1.88 bits per heavy atom. The topological polar surface area (TPSA) is 52.9 Å². The highest BCUT2D eigenvalue weighted by Crippen LogP contribution is 2.37. The number of hydrogen-bond donors (Lipinski definition) is 1. The SMILES string of the molecule is CC(C)c1ccc(C(=O)Nc2sc3c(c2C#N)CCCCC3)cc1. The van der Waals surface area contributed by atoms with Gasteiger partial charge in [-0.1, -0.05) is 32.4 Å². The Morgan fingerprint density at radius 3 is 2.54 bits per heavy atom. The molecular formula is C20H22N2OS. The summed E-state index contributed by atoms with van der Waals surface area (Å²) >= 11 is 1.58. The quantitative estimate of drug-likeness (QED) is 0.776. The van der Waals surface area contributed by atoms with Crippen LogP contribution in [0.4, 0.5) is 5.00 Å². The molecule has 0 radical (unpaired) electrons. The first-order chi connectivity index (χ1) is 11.6. The molecule has 1 aromatic heterocycles. The summed E-state index contributed by atoms with van der Waals surface area (Å²) in [6.45, 7) is 4.26. The van der Waals surface area contributed by atoms with Gasteiger partial charge in [0, 0.05) is 10.4 Å². The maximum atomic E-state index is 12.5. The predicted octanol–water partition coefficient (Wildman–Crippen LogP) is 5.26. The van der Waals surface area contributed by atoms with E-state index in [0.717, 1.165) is 24.8 Å². The number of carbonyl (C=O) groups excluding carboxylic acids is 1. The molecule has 0 fully saturated rings. The van der Waals surface area contributed by atoms with Crippen molar-refractivity contribution in [1.82, 2.24) is 0 Å². The molecule has 4 heteroatoms. The summed E-state index contributed by atoms with van der Waals surface area (Å²) in [7, 11) is 0. The lowest BCUT2D eigenvalue weighted by atomic mass is 10.0. The maximum absolute atomic E-state index is 12.5. The number of anilines is 1. The van der Waals surface area contributed by atoms with Gasteiger partial charge in [0.1, 0.15) is 11.1 Å². The zero-order valence-corrected chi connectivity index (χ0v) is 15.0. The van der Waals surface area contributed by atoms with Crippen LogP contribution >= 0.6 is 11.3 Å². The first-order valence-electron chi connectivity index (χ1n) is 8.56. The van der Waals surface area contributed by atoms with Gasteiger partial charge in [0.25, 0.3) is 5.91 Å². The Labute approximate surface area is 147 Å². The van der Waals surface area contributed by atoms with Crippen molar-refractivity contribution in [3.05, 3.63) is 51.4 Å². The van der Waals surface area contributed by atoms with Crippen LogP contribution in [0.1, 0.15) is 71.0 Å². The van der Waals surface area contributed by atoms with E-state index in [1.165, 1.54) is 23.3 Å². The van der Waals surface area contributed by atoms with Crippen molar-refractivity contribution < 1.29 is 4.79 Å². The summed E-state index contributed by atoms with van der Waals surface area (Å²) in [4.78, 5) is 13.8. The standard InChI is InChI=1S/C20H22N2OS/c1-13(2)14-8-10-15(11-9-14)19(23)22-20-17(12-21)16-6-4-3-5-7-18(16)24-20/h8-11,13H,3-7H2,1-2H3,(H,22,23). The van der Waals surface area contributed by atoms with Crippen LogP contribution in [0.2, 0.25) is 0 Å². The molecule has 1 heterocycles.